The van der Waals surface area contributed by atoms with Gasteiger partial charge in [-0.3, -0.25) is 0 Å². The Kier molecular flexibility index (Phi) is 4.99. The summed E-state index contributed by atoms with van der Waals surface area (Å²) >= 11 is 0. The maximum Gasteiger partial charge on any atom is 0.243 e. The van der Waals surface area contributed by atoms with Crippen LogP contribution in [0.3, 0.4) is 0 Å². The number of anilines is 1. The topological polar surface area (TPSA) is 62.3 Å². The van der Waals surface area contributed by atoms with Gasteiger partial charge in [0.25, 0.3) is 0 Å². The smallest absolute Gasteiger partial charge is 0.243 e. The molecule has 5 nitrogen and oxygen atoms in total. The zero-order valence-corrected chi connectivity index (χ0v) is 13.0. The van der Waals surface area contributed by atoms with Crippen LogP contribution in [-0.2, 0) is 10.0 Å². The third-order valence-corrected chi connectivity index (χ3v) is 5.76. The van der Waals surface area contributed by atoms with Crippen molar-refractivity contribution in [3.63, 3.8) is 0 Å². The normalized spacial score (nSPS) is 17.4. The molecule has 0 amide bonds. The van der Waals surface area contributed by atoms with Crippen molar-refractivity contribution in [1.82, 2.24) is 9.29 Å². The van der Waals surface area contributed by atoms with Crippen LogP contribution >= 0.6 is 0 Å². The zero-order valence-electron chi connectivity index (χ0n) is 12.2. The van der Waals surface area contributed by atoms with E-state index < -0.39 is 10.0 Å². The Morgan fingerprint density at radius 2 is 2.05 bits per heavy atom. The fourth-order valence-corrected chi connectivity index (χ4v) is 3.98. The highest BCUT2D eigenvalue weighted by molar-refractivity contribution is 7.89. The molecule has 1 fully saturated rings. The van der Waals surface area contributed by atoms with Gasteiger partial charge in [0.1, 0.15) is 5.82 Å². The predicted molar refractivity (Wildman–Crippen MR) is 80.2 cm³/mol. The third-order valence-electron chi connectivity index (χ3n) is 3.94. The van der Waals surface area contributed by atoms with E-state index in [1.54, 1.807) is 26.2 Å². The molecule has 0 saturated heterocycles. The number of nitrogens with one attached hydrogen (secondary N) is 1. The van der Waals surface area contributed by atoms with Crippen molar-refractivity contribution in [2.75, 3.05) is 26.0 Å². The molecular formula is C14H23N3O2S. The molecule has 6 heteroatoms. The van der Waals surface area contributed by atoms with Gasteiger partial charge < -0.3 is 5.32 Å². The van der Waals surface area contributed by atoms with Gasteiger partial charge in [-0.1, -0.05) is 19.3 Å². The standard InChI is InChI=1S/C14H23N3O2S/c1-15-14-10-13(8-9-16-14)20(18,19)17(2)11-12-6-4-3-5-7-12/h8-10,12H,3-7,11H2,1-2H3,(H,15,16). The molecule has 0 radical (unpaired) electrons. The molecular weight excluding hydrogens is 274 g/mol. The molecule has 1 aliphatic rings. The number of sulfonamides is 1. The first kappa shape index (κ1) is 15.3. The zero-order chi connectivity index (χ0) is 14.6. The van der Waals surface area contributed by atoms with Crippen LogP contribution in [-0.4, -0.2) is 38.3 Å². The van der Waals surface area contributed by atoms with E-state index in [9.17, 15) is 8.42 Å². The summed E-state index contributed by atoms with van der Waals surface area (Å²) in [5.74, 6) is 1.06. The first-order valence-corrected chi connectivity index (χ1v) is 8.58. The number of aromatic nitrogens is 1. The van der Waals surface area contributed by atoms with Crippen LogP contribution in [0.5, 0.6) is 0 Å². The summed E-state index contributed by atoms with van der Waals surface area (Å²) in [7, 11) is -0.0209. The summed E-state index contributed by atoms with van der Waals surface area (Å²) in [5.41, 5.74) is 0. The van der Waals surface area contributed by atoms with E-state index in [1.807, 2.05) is 0 Å². The molecule has 112 valence electrons. The fourth-order valence-electron chi connectivity index (χ4n) is 2.72. The molecule has 20 heavy (non-hydrogen) atoms. The van der Waals surface area contributed by atoms with E-state index in [-0.39, 0.29) is 0 Å². The quantitative estimate of drug-likeness (QED) is 0.906. The van der Waals surface area contributed by atoms with Crippen LogP contribution in [0.25, 0.3) is 0 Å². The van der Waals surface area contributed by atoms with Gasteiger partial charge in [0.05, 0.1) is 4.90 Å². The Morgan fingerprint density at radius 3 is 2.70 bits per heavy atom. The van der Waals surface area contributed by atoms with Crippen molar-refractivity contribution in [2.45, 2.75) is 37.0 Å². The van der Waals surface area contributed by atoms with Crippen LogP contribution in [0, 0.1) is 5.92 Å². The summed E-state index contributed by atoms with van der Waals surface area (Å²) in [5, 5.41) is 2.87. The van der Waals surface area contributed by atoms with Crippen molar-refractivity contribution in [1.29, 1.82) is 0 Å². The monoisotopic (exact) mass is 297 g/mol. The van der Waals surface area contributed by atoms with Gasteiger partial charge in [0.2, 0.25) is 10.0 Å². The van der Waals surface area contributed by atoms with Crippen molar-refractivity contribution < 1.29 is 8.42 Å². The molecule has 0 spiro atoms. The van der Waals surface area contributed by atoms with Crippen LogP contribution in [0.2, 0.25) is 0 Å². The summed E-state index contributed by atoms with van der Waals surface area (Å²) in [6, 6.07) is 3.13. The number of pyridine rings is 1. The molecule has 0 bridgehead atoms. The minimum Gasteiger partial charge on any atom is -0.373 e. The molecule has 0 unspecified atom stereocenters. The Morgan fingerprint density at radius 1 is 1.35 bits per heavy atom. The van der Waals surface area contributed by atoms with E-state index in [1.165, 1.54) is 29.8 Å². The fraction of sp³-hybridized carbons (Fsp3) is 0.643. The summed E-state index contributed by atoms with van der Waals surface area (Å²) in [6.45, 7) is 0.611. The van der Waals surface area contributed by atoms with Gasteiger partial charge in [-0.15, -0.1) is 0 Å². The highest BCUT2D eigenvalue weighted by Crippen LogP contribution is 2.26. The van der Waals surface area contributed by atoms with E-state index in [0.29, 0.717) is 23.2 Å². The lowest BCUT2D eigenvalue weighted by Crippen LogP contribution is -2.32. The second-order valence-corrected chi connectivity index (χ2v) is 7.46. The summed E-state index contributed by atoms with van der Waals surface area (Å²) < 4.78 is 26.6. The van der Waals surface area contributed by atoms with E-state index in [4.69, 9.17) is 0 Å². The predicted octanol–water partition coefficient (Wildman–Crippen LogP) is 2.32. The molecule has 0 aromatic carbocycles. The van der Waals surface area contributed by atoms with E-state index in [2.05, 4.69) is 10.3 Å². The Hall–Kier alpha value is -1.14. The summed E-state index contributed by atoms with van der Waals surface area (Å²) in [4.78, 5) is 4.35. The average molecular weight is 297 g/mol. The third kappa shape index (κ3) is 3.49. The number of nitrogens with zero attached hydrogens (tertiary/aromatic N) is 2. The van der Waals surface area contributed by atoms with Crippen molar-refractivity contribution >= 4 is 15.8 Å². The van der Waals surface area contributed by atoms with E-state index >= 15 is 0 Å². The number of hydrogen-bond donors (Lipinski definition) is 1. The van der Waals surface area contributed by atoms with Gasteiger partial charge in [-0.2, -0.15) is 0 Å². The second kappa shape index (κ2) is 6.54. The summed E-state index contributed by atoms with van der Waals surface area (Å²) in [6.07, 6.45) is 7.52. The molecule has 0 aliphatic heterocycles. The van der Waals surface area contributed by atoms with Crippen LogP contribution < -0.4 is 5.32 Å². The Bertz CT molecular complexity index is 539. The minimum absolute atomic E-state index is 0.301. The van der Waals surface area contributed by atoms with Gasteiger partial charge in [0.15, 0.2) is 0 Å². The molecule has 1 heterocycles. The largest absolute Gasteiger partial charge is 0.373 e. The highest BCUT2D eigenvalue weighted by atomic mass is 32.2. The lowest BCUT2D eigenvalue weighted by Gasteiger charge is -2.26. The van der Waals surface area contributed by atoms with Crippen LogP contribution in [0.15, 0.2) is 23.2 Å². The molecule has 0 atom stereocenters. The minimum atomic E-state index is -3.42. The molecule has 1 saturated carbocycles. The Balaban J connectivity index is 2.11. The van der Waals surface area contributed by atoms with Crippen molar-refractivity contribution in [3.8, 4) is 0 Å². The number of hydrogen-bond acceptors (Lipinski definition) is 4. The highest BCUT2D eigenvalue weighted by Gasteiger charge is 2.25. The first-order chi connectivity index (χ1) is 9.54. The Labute approximate surface area is 121 Å². The number of rotatable bonds is 5. The average Bonchev–Trinajstić information content (AvgIpc) is 2.48. The molecule has 1 N–H and O–H groups in total. The van der Waals surface area contributed by atoms with Gasteiger partial charge in [-0.25, -0.2) is 17.7 Å². The van der Waals surface area contributed by atoms with Crippen molar-refractivity contribution in [3.05, 3.63) is 18.3 Å². The van der Waals surface area contributed by atoms with Gasteiger partial charge in [0, 0.05) is 32.9 Å². The second-order valence-electron chi connectivity index (χ2n) is 5.42. The van der Waals surface area contributed by atoms with Gasteiger partial charge in [-0.05, 0) is 24.8 Å². The SMILES string of the molecule is CNc1cc(S(=O)(=O)N(C)CC2CCCCC2)ccn1. The molecule has 2 rings (SSSR count). The lowest BCUT2D eigenvalue weighted by molar-refractivity contribution is 0.300. The van der Waals surface area contributed by atoms with Crippen molar-refractivity contribution in [2.24, 2.45) is 5.92 Å². The first-order valence-electron chi connectivity index (χ1n) is 7.14. The van der Waals surface area contributed by atoms with Crippen LogP contribution in [0.4, 0.5) is 5.82 Å². The molecule has 1 aliphatic carbocycles. The van der Waals surface area contributed by atoms with Gasteiger partial charge >= 0.3 is 0 Å². The van der Waals surface area contributed by atoms with Crippen LogP contribution in [0.1, 0.15) is 32.1 Å². The maximum atomic E-state index is 12.5. The van der Waals surface area contributed by atoms with E-state index in [0.717, 1.165) is 12.8 Å². The molecule has 1 aromatic rings. The molecule has 1 aromatic heterocycles. The lowest BCUT2D eigenvalue weighted by atomic mass is 9.89. The maximum absolute atomic E-state index is 12.5.